The van der Waals surface area contributed by atoms with Crippen molar-refractivity contribution in [2.75, 3.05) is 44.7 Å². The Kier molecular flexibility index (Phi) is 5.78. The lowest BCUT2D eigenvalue weighted by molar-refractivity contribution is 0.0646. The molecule has 0 bridgehead atoms. The molecule has 8 heteroatoms. The van der Waals surface area contributed by atoms with Crippen LogP contribution in [-0.4, -0.2) is 78.8 Å². The maximum atomic E-state index is 13.4. The van der Waals surface area contributed by atoms with Gasteiger partial charge in [0.25, 0.3) is 5.91 Å². The number of sulfone groups is 1. The lowest BCUT2D eigenvalue weighted by Crippen LogP contribution is -2.49. The summed E-state index contributed by atoms with van der Waals surface area (Å²) in [5.41, 5.74) is 3.07. The topological polar surface area (TPSA) is 83.5 Å². The lowest BCUT2D eigenvalue weighted by atomic mass is 10.0. The second-order valence-corrected chi connectivity index (χ2v) is 9.83. The Morgan fingerprint density at radius 1 is 1.03 bits per heavy atom. The van der Waals surface area contributed by atoms with Gasteiger partial charge in [-0.2, -0.15) is 0 Å². The molecular weight excluding hydrogens is 400 g/mol. The van der Waals surface area contributed by atoms with Crippen molar-refractivity contribution < 1.29 is 13.2 Å². The molecule has 4 rings (SSSR count). The van der Waals surface area contributed by atoms with Crippen LogP contribution in [0.3, 0.4) is 0 Å². The fourth-order valence-electron chi connectivity index (χ4n) is 3.66. The number of carbonyl (C=O) groups is 1. The third kappa shape index (κ3) is 4.66. The van der Waals surface area contributed by atoms with E-state index >= 15 is 0 Å². The number of fused-ring (bicyclic) bond motifs is 1. The molecule has 0 saturated carbocycles. The molecule has 0 N–H and O–H groups in total. The fourth-order valence-corrected chi connectivity index (χ4v) is 4.25. The Hall–Kier alpha value is -2.84. The van der Waals surface area contributed by atoms with Crippen molar-refractivity contribution in [2.24, 2.45) is 0 Å². The van der Waals surface area contributed by atoms with Gasteiger partial charge in [-0.1, -0.05) is 18.2 Å². The standard InChI is InChI=1S/C22H24N4O3S/c1-30(28,29)15-14-25-10-12-26(13-11-25)22(27)19-16-21(17-6-8-23-9-7-17)24-20-5-3-2-4-18(19)20/h2-9,16H,10-15H2,1H3. The van der Waals surface area contributed by atoms with Crippen molar-refractivity contribution in [3.63, 3.8) is 0 Å². The van der Waals surface area contributed by atoms with Crippen LogP contribution >= 0.6 is 0 Å². The van der Waals surface area contributed by atoms with Crippen molar-refractivity contribution >= 4 is 26.6 Å². The van der Waals surface area contributed by atoms with Crippen LogP contribution in [0.5, 0.6) is 0 Å². The monoisotopic (exact) mass is 424 g/mol. The predicted octanol–water partition coefficient (Wildman–Crippen LogP) is 2.10. The number of pyridine rings is 2. The van der Waals surface area contributed by atoms with Crippen LogP contribution in [0.25, 0.3) is 22.2 Å². The van der Waals surface area contributed by atoms with Crippen LogP contribution in [0.15, 0.2) is 54.9 Å². The summed E-state index contributed by atoms with van der Waals surface area (Å²) >= 11 is 0. The third-order valence-corrected chi connectivity index (χ3v) is 6.28. The van der Waals surface area contributed by atoms with E-state index in [0.717, 1.165) is 22.2 Å². The molecule has 1 aliphatic rings. The van der Waals surface area contributed by atoms with Crippen molar-refractivity contribution in [1.82, 2.24) is 19.8 Å². The molecule has 30 heavy (non-hydrogen) atoms. The number of rotatable bonds is 5. The molecule has 156 valence electrons. The van der Waals surface area contributed by atoms with Crippen LogP contribution in [0.4, 0.5) is 0 Å². The molecule has 1 saturated heterocycles. The zero-order valence-electron chi connectivity index (χ0n) is 16.9. The number of nitrogens with zero attached hydrogens (tertiary/aromatic N) is 4. The van der Waals surface area contributed by atoms with Gasteiger partial charge in [0, 0.05) is 62.3 Å². The Bertz CT molecular complexity index is 1160. The van der Waals surface area contributed by atoms with Gasteiger partial charge in [0.1, 0.15) is 9.84 Å². The average Bonchev–Trinajstić information content (AvgIpc) is 2.77. The first-order valence-corrected chi connectivity index (χ1v) is 12.0. The van der Waals surface area contributed by atoms with Crippen molar-refractivity contribution in [1.29, 1.82) is 0 Å². The van der Waals surface area contributed by atoms with Crippen molar-refractivity contribution in [3.05, 3.63) is 60.4 Å². The van der Waals surface area contributed by atoms with Gasteiger partial charge in [0.2, 0.25) is 0 Å². The Balaban J connectivity index is 1.58. The molecule has 7 nitrogen and oxygen atoms in total. The predicted molar refractivity (Wildman–Crippen MR) is 117 cm³/mol. The van der Waals surface area contributed by atoms with E-state index in [0.29, 0.717) is 38.3 Å². The number of benzene rings is 1. The Labute approximate surface area is 176 Å². The first-order valence-electron chi connectivity index (χ1n) is 9.90. The van der Waals surface area contributed by atoms with Crippen molar-refractivity contribution in [3.8, 4) is 11.3 Å². The number of piperazine rings is 1. The molecule has 0 atom stereocenters. The second kappa shape index (κ2) is 8.49. The quantitative estimate of drug-likeness (QED) is 0.624. The Morgan fingerprint density at radius 3 is 2.43 bits per heavy atom. The van der Waals surface area contributed by atoms with E-state index in [1.165, 1.54) is 6.26 Å². The summed E-state index contributed by atoms with van der Waals surface area (Å²) in [5, 5.41) is 0.833. The summed E-state index contributed by atoms with van der Waals surface area (Å²) in [7, 11) is -2.99. The zero-order chi connectivity index (χ0) is 21.1. The van der Waals surface area contributed by atoms with E-state index in [1.54, 1.807) is 12.4 Å². The van der Waals surface area contributed by atoms with E-state index in [-0.39, 0.29) is 11.7 Å². The highest BCUT2D eigenvalue weighted by molar-refractivity contribution is 7.90. The van der Waals surface area contributed by atoms with Gasteiger partial charge in [-0.15, -0.1) is 0 Å². The third-order valence-electron chi connectivity index (χ3n) is 5.36. The largest absolute Gasteiger partial charge is 0.336 e. The number of amides is 1. The molecule has 3 heterocycles. The first-order chi connectivity index (χ1) is 14.4. The van der Waals surface area contributed by atoms with Gasteiger partial charge in [0.15, 0.2) is 0 Å². The van der Waals surface area contributed by atoms with Crippen LogP contribution < -0.4 is 0 Å². The van der Waals surface area contributed by atoms with E-state index in [4.69, 9.17) is 4.98 Å². The van der Waals surface area contributed by atoms with Gasteiger partial charge in [0.05, 0.1) is 22.5 Å². The molecular formula is C22H24N4O3S. The maximum Gasteiger partial charge on any atom is 0.254 e. The SMILES string of the molecule is CS(=O)(=O)CCN1CCN(C(=O)c2cc(-c3ccncc3)nc3ccccc23)CC1. The summed E-state index contributed by atoms with van der Waals surface area (Å²) in [5.74, 6) is 0.122. The summed E-state index contributed by atoms with van der Waals surface area (Å²) in [4.78, 5) is 26.1. The molecule has 3 aromatic rings. The Morgan fingerprint density at radius 2 is 1.73 bits per heavy atom. The van der Waals surface area contributed by atoms with Gasteiger partial charge < -0.3 is 4.90 Å². The van der Waals surface area contributed by atoms with Crippen LogP contribution in [0, 0.1) is 0 Å². The number of aromatic nitrogens is 2. The molecule has 1 aliphatic heterocycles. The normalized spacial score (nSPS) is 15.4. The lowest BCUT2D eigenvalue weighted by Gasteiger charge is -2.34. The minimum absolute atomic E-state index is 0.0216. The van der Waals surface area contributed by atoms with Crippen LogP contribution in [0.2, 0.25) is 0 Å². The number of para-hydroxylation sites is 1. The molecule has 1 aromatic carbocycles. The first kappa shape index (κ1) is 20.4. The summed E-state index contributed by atoms with van der Waals surface area (Å²) in [6.45, 7) is 2.99. The molecule has 1 amide bonds. The van der Waals surface area contributed by atoms with Crippen molar-refractivity contribution in [2.45, 2.75) is 0 Å². The minimum Gasteiger partial charge on any atom is -0.336 e. The smallest absolute Gasteiger partial charge is 0.254 e. The number of carbonyl (C=O) groups excluding carboxylic acids is 1. The fraction of sp³-hybridized carbons (Fsp3) is 0.318. The van der Waals surface area contributed by atoms with E-state index < -0.39 is 9.84 Å². The summed E-state index contributed by atoms with van der Waals surface area (Å²) in [6.07, 6.45) is 4.68. The molecule has 0 unspecified atom stereocenters. The van der Waals surface area contributed by atoms with E-state index in [1.807, 2.05) is 47.4 Å². The van der Waals surface area contributed by atoms with Crippen LogP contribution in [0.1, 0.15) is 10.4 Å². The molecule has 0 spiro atoms. The summed E-state index contributed by atoms with van der Waals surface area (Å²) in [6, 6.07) is 13.3. The van der Waals surface area contributed by atoms with Gasteiger partial charge in [-0.25, -0.2) is 13.4 Å². The highest BCUT2D eigenvalue weighted by Gasteiger charge is 2.24. The van der Waals surface area contributed by atoms with Gasteiger partial charge in [-0.05, 0) is 24.3 Å². The second-order valence-electron chi connectivity index (χ2n) is 7.57. The molecule has 0 radical (unpaired) electrons. The van der Waals surface area contributed by atoms with E-state index in [2.05, 4.69) is 9.88 Å². The summed E-state index contributed by atoms with van der Waals surface area (Å²) < 4.78 is 22.8. The number of hydrogen-bond donors (Lipinski definition) is 0. The zero-order valence-corrected chi connectivity index (χ0v) is 17.7. The van der Waals surface area contributed by atoms with Gasteiger partial charge in [-0.3, -0.25) is 14.7 Å². The average molecular weight is 425 g/mol. The molecule has 0 aliphatic carbocycles. The van der Waals surface area contributed by atoms with E-state index in [9.17, 15) is 13.2 Å². The van der Waals surface area contributed by atoms with Gasteiger partial charge >= 0.3 is 0 Å². The van der Waals surface area contributed by atoms with Crippen LogP contribution in [-0.2, 0) is 9.84 Å². The number of hydrogen-bond acceptors (Lipinski definition) is 6. The molecule has 1 fully saturated rings. The minimum atomic E-state index is -2.99. The highest BCUT2D eigenvalue weighted by Crippen LogP contribution is 2.26. The highest BCUT2D eigenvalue weighted by atomic mass is 32.2. The molecule has 2 aromatic heterocycles. The maximum absolute atomic E-state index is 13.4.